The molecule has 94 valence electrons. The van der Waals surface area contributed by atoms with E-state index in [1.165, 1.54) is 12.3 Å². The number of anilines is 1. The molecule has 0 aliphatic carbocycles. The molecule has 0 saturated heterocycles. The van der Waals surface area contributed by atoms with Gasteiger partial charge in [-0.05, 0) is 12.3 Å². The van der Waals surface area contributed by atoms with Gasteiger partial charge in [-0.15, -0.1) is 0 Å². The van der Waals surface area contributed by atoms with E-state index in [4.69, 9.17) is 5.11 Å². The summed E-state index contributed by atoms with van der Waals surface area (Å²) in [7, 11) is 0. The van der Waals surface area contributed by atoms with Gasteiger partial charge in [-0.2, -0.15) is 0 Å². The first kappa shape index (κ1) is 13.0. The first-order valence-corrected chi connectivity index (χ1v) is 5.19. The highest BCUT2D eigenvalue weighted by Crippen LogP contribution is 2.06. The molecule has 1 rings (SSSR count). The van der Waals surface area contributed by atoms with Crippen molar-refractivity contribution in [2.45, 2.75) is 26.3 Å². The van der Waals surface area contributed by atoms with E-state index >= 15 is 0 Å². The Hall–Kier alpha value is -2.05. The molecular formula is C10H15N3O4. The molecule has 7 nitrogen and oxygen atoms in total. The molecule has 1 aromatic heterocycles. The van der Waals surface area contributed by atoms with E-state index in [0.29, 0.717) is 6.42 Å². The highest BCUT2D eigenvalue weighted by molar-refractivity contribution is 5.91. The van der Waals surface area contributed by atoms with E-state index in [9.17, 15) is 9.59 Å². The fourth-order valence-electron chi connectivity index (χ4n) is 1.28. The fraction of sp³-hybridized carbons (Fsp3) is 0.500. The van der Waals surface area contributed by atoms with Crippen molar-refractivity contribution in [2.75, 3.05) is 5.32 Å². The van der Waals surface area contributed by atoms with E-state index in [0.717, 1.165) is 0 Å². The Kier molecular flexibility index (Phi) is 4.50. The SMILES string of the molecule is CC(C)CC(NC(=O)Nc1ccon1)C(=O)O. The zero-order valence-electron chi connectivity index (χ0n) is 9.64. The van der Waals surface area contributed by atoms with Gasteiger partial charge in [0.2, 0.25) is 0 Å². The van der Waals surface area contributed by atoms with Crippen LogP contribution >= 0.6 is 0 Å². The average molecular weight is 241 g/mol. The van der Waals surface area contributed by atoms with Gasteiger partial charge in [-0.1, -0.05) is 19.0 Å². The molecule has 2 amide bonds. The molecular weight excluding hydrogens is 226 g/mol. The maximum atomic E-state index is 11.4. The van der Waals surface area contributed by atoms with Crippen LogP contribution < -0.4 is 10.6 Å². The average Bonchev–Trinajstić information content (AvgIpc) is 2.68. The predicted molar refractivity (Wildman–Crippen MR) is 59.5 cm³/mol. The van der Waals surface area contributed by atoms with E-state index in [2.05, 4.69) is 20.3 Å². The van der Waals surface area contributed by atoms with Crippen LogP contribution in [0, 0.1) is 5.92 Å². The van der Waals surface area contributed by atoms with Crippen LogP contribution in [0.5, 0.6) is 0 Å². The molecule has 3 N–H and O–H groups in total. The predicted octanol–water partition coefficient (Wildman–Crippen LogP) is 1.30. The summed E-state index contributed by atoms with van der Waals surface area (Å²) in [6.45, 7) is 3.76. The number of amides is 2. The molecule has 0 radical (unpaired) electrons. The van der Waals surface area contributed by atoms with Gasteiger partial charge < -0.3 is 14.9 Å². The molecule has 1 unspecified atom stereocenters. The molecule has 17 heavy (non-hydrogen) atoms. The van der Waals surface area contributed by atoms with Crippen molar-refractivity contribution >= 4 is 17.8 Å². The minimum atomic E-state index is -1.06. The number of hydrogen-bond donors (Lipinski definition) is 3. The lowest BCUT2D eigenvalue weighted by atomic mass is 10.0. The van der Waals surface area contributed by atoms with Crippen molar-refractivity contribution in [2.24, 2.45) is 5.92 Å². The van der Waals surface area contributed by atoms with E-state index < -0.39 is 18.0 Å². The van der Waals surface area contributed by atoms with Crippen LogP contribution in [0.1, 0.15) is 20.3 Å². The lowest BCUT2D eigenvalue weighted by molar-refractivity contribution is -0.139. The zero-order chi connectivity index (χ0) is 12.8. The molecule has 0 aromatic carbocycles. The van der Waals surface area contributed by atoms with Gasteiger partial charge in [0, 0.05) is 6.07 Å². The molecule has 1 atom stereocenters. The number of rotatable bonds is 5. The minimum absolute atomic E-state index is 0.170. The number of urea groups is 1. The molecule has 0 bridgehead atoms. The van der Waals surface area contributed by atoms with Gasteiger partial charge in [-0.3, -0.25) is 5.32 Å². The lowest BCUT2D eigenvalue weighted by Gasteiger charge is -2.16. The number of carboxylic acid groups (broad SMARTS) is 1. The molecule has 0 saturated carbocycles. The van der Waals surface area contributed by atoms with Crippen molar-refractivity contribution in [3.63, 3.8) is 0 Å². The summed E-state index contributed by atoms with van der Waals surface area (Å²) in [6, 6.07) is -0.0773. The highest BCUT2D eigenvalue weighted by atomic mass is 16.5. The van der Waals surface area contributed by atoms with Crippen LogP contribution in [-0.4, -0.2) is 28.3 Å². The van der Waals surface area contributed by atoms with Gasteiger partial charge in [0.25, 0.3) is 0 Å². The number of aliphatic carboxylic acids is 1. The normalized spacial score (nSPS) is 12.2. The Balaban J connectivity index is 2.49. The van der Waals surface area contributed by atoms with Gasteiger partial charge in [0.05, 0.1) is 0 Å². The van der Waals surface area contributed by atoms with Crippen LogP contribution in [0.3, 0.4) is 0 Å². The van der Waals surface area contributed by atoms with Crippen LogP contribution in [-0.2, 0) is 4.79 Å². The summed E-state index contributed by atoms with van der Waals surface area (Å²) < 4.78 is 4.52. The van der Waals surface area contributed by atoms with Crippen LogP contribution in [0.4, 0.5) is 10.6 Å². The topological polar surface area (TPSA) is 104 Å². The molecule has 0 spiro atoms. The lowest BCUT2D eigenvalue weighted by Crippen LogP contribution is -2.43. The van der Waals surface area contributed by atoms with E-state index in [-0.39, 0.29) is 11.7 Å². The first-order chi connectivity index (χ1) is 7.99. The Morgan fingerprint density at radius 2 is 2.24 bits per heavy atom. The molecule has 0 aliphatic heterocycles. The van der Waals surface area contributed by atoms with Gasteiger partial charge in [0.15, 0.2) is 5.82 Å². The summed E-state index contributed by atoms with van der Waals surface area (Å²) in [5.41, 5.74) is 0. The number of carbonyl (C=O) groups is 2. The van der Waals surface area contributed by atoms with E-state index in [1.807, 2.05) is 13.8 Å². The molecule has 1 heterocycles. The van der Waals surface area contributed by atoms with Crippen molar-refractivity contribution in [3.05, 3.63) is 12.3 Å². The number of aromatic nitrogens is 1. The quantitative estimate of drug-likeness (QED) is 0.720. The maximum absolute atomic E-state index is 11.4. The third-order valence-electron chi connectivity index (χ3n) is 1.99. The standard InChI is InChI=1S/C10H15N3O4/c1-6(2)5-7(9(14)15)11-10(16)12-8-3-4-17-13-8/h3-4,6-7H,5H2,1-2H3,(H,14,15)(H2,11,12,13,16). The second-order valence-electron chi connectivity index (χ2n) is 4.00. The van der Waals surface area contributed by atoms with Crippen molar-refractivity contribution < 1.29 is 19.2 Å². The second-order valence-corrected chi connectivity index (χ2v) is 4.00. The summed E-state index contributed by atoms with van der Waals surface area (Å²) in [5, 5.41) is 17.1. The Morgan fingerprint density at radius 1 is 1.53 bits per heavy atom. The number of carboxylic acids is 1. The third kappa shape index (κ3) is 4.54. The number of nitrogens with zero attached hydrogens (tertiary/aromatic N) is 1. The van der Waals surface area contributed by atoms with Crippen LogP contribution in [0.2, 0.25) is 0 Å². The van der Waals surface area contributed by atoms with Gasteiger partial charge in [-0.25, -0.2) is 9.59 Å². The van der Waals surface area contributed by atoms with Crippen LogP contribution in [0.25, 0.3) is 0 Å². The summed E-state index contributed by atoms with van der Waals surface area (Å²) in [6.07, 6.45) is 1.67. The summed E-state index contributed by atoms with van der Waals surface area (Å²) >= 11 is 0. The van der Waals surface area contributed by atoms with Crippen molar-refractivity contribution in [1.29, 1.82) is 0 Å². The Bertz CT molecular complexity index is 375. The zero-order valence-corrected chi connectivity index (χ0v) is 9.64. The number of nitrogens with one attached hydrogen (secondary N) is 2. The smallest absolute Gasteiger partial charge is 0.326 e. The minimum Gasteiger partial charge on any atom is -0.480 e. The monoisotopic (exact) mass is 241 g/mol. The van der Waals surface area contributed by atoms with Crippen molar-refractivity contribution in [3.8, 4) is 0 Å². The Labute approximate surface area is 98.2 Å². The summed E-state index contributed by atoms with van der Waals surface area (Å²) in [5.74, 6) is -0.659. The van der Waals surface area contributed by atoms with Gasteiger partial charge >= 0.3 is 12.0 Å². The Morgan fingerprint density at radius 3 is 2.71 bits per heavy atom. The highest BCUT2D eigenvalue weighted by Gasteiger charge is 2.21. The van der Waals surface area contributed by atoms with Crippen molar-refractivity contribution in [1.82, 2.24) is 10.5 Å². The third-order valence-corrected chi connectivity index (χ3v) is 1.99. The first-order valence-electron chi connectivity index (χ1n) is 5.19. The molecule has 0 aliphatic rings. The number of hydrogen-bond acceptors (Lipinski definition) is 4. The maximum Gasteiger partial charge on any atom is 0.326 e. The summed E-state index contributed by atoms with van der Waals surface area (Å²) in [4.78, 5) is 22.3. The number of carbonyl (C=O) groups excluding carboxylic acids is 1. The van der Waals surface area contributed by atoms with Gasteiger partial charge in [0.1, 0.15) is 12.3 Å². The second kappa shape index (κ2) is 5.88. The van der Waals surface area contributed by atoms with Crippen LogP contribution in [0.15, 0.2) is 16.9 Å². The largest absolute Gasteiger partial charge is 0.480 e. The van der Waals surface area contributed by atoms with E-state index in [1.54, 1.807) is 0 Å². The fourth-order valence-corrected chi connectivity index (χ4v) is 1.28. The molecule has 0 fully saturated rings. The molecule has 7 heteroatoms. The molecule has 1 aromatic rings.